The number of para-hydroxylation sites is 4. The molecule has 0 aliphatic carbocycles. The molecular weight excluding hydrogens is 1360 g/mol. The van der Waals surface area contributed by atoms with Crippen LogP contribution in [0, 0.1) is 20.8 Å². The summed E-state index contributed by atoms with van der Waals surface area (Å²) in [6.07, 6.45) is 25.9. The lowest BCUT2D eigenvalue weighted by atomic mass is 9.54. The largest absolute Gasteiger partial charge is 0.465 e. The topological polar surface area (TPSA) is 81.0 Å². The molecule has 0 bridgehead atoms. The molecule has 538 valence electrons. The molecule has 4 aliphatic heterocycles. The maximum Gasteiger partial charge on any atom is 0.447 e. The molecule has 0 unspecified atom stereocenters. The Hall–Kier alpha value is -13.1. The molecule has 0 saturated carbocycles. The van der Waals surface area contributed by atoms with Crippen molar-refractivity contribution in [2.24, 2.45) is 28.2 Å². The first-order valence-electron chi connectivity index (χ1n) is 38.3. The van der Waals surface area contributed by atoms with Crippen LogP contribution in [0.4, 0.5) is 23.3 Å². The molecule has 12 heterocycles. The Morgan fingerprint density at radius 3 is 1.05 bits per heavy atom. The van der Waals surface area contributed by atoms with Crippen molar-refractivity contribution in [2.75, 3.05) is 19.2 Å². The van der Waals surface area contributed by atoms with Gasteiger partial charge in [0, 0.05) is 85.6 Å². The lowest BCUT2D eigenvalue weighted by molar-refractivity contribution is -0.658. The molecule has 16 aromatic rings. The van der Waals surface area contributed by atoms with Crippen LogP contribution in [0.15, 0.2) is 316 Å². The van der Waals surface area contributed by atoms with E-state index in [0.29, 0.717) is 0 Å². The van der Waals surface area contributed by atoms with E-state index in [0.717, 1.165) is 68.4 Å². The Labute approximate surface area is 650 Å². The fourth-order valence-corrected chi connectivity index (χ4v) is 16.6. The van der Waals surface area contributed by atoms with Crippen molar-refractivity contribution in [1.29, 1.82) is 0 Å². The minimum absolute atomic E-state index is 0.116. The van der Waals surface area contributed by atoms with Gasteiger partial charge in [0.1, 0.15) is 45.2 Å². The van der Waals surface area contributed by atoms with Gasteiger partial charge in [-0.1, -0.05) is 194 Å². The van der Waals surface area contributed by atoms with Crippen molar-refractivity contribution < 1.29 is 35.9 Å². The summed E-state index contributed by atoms with van der Waals surface area (Å²) in [5, 5.41) is 4.74. The molecule has 0 radical (unpaired) electrons. The number of pyridine rings is 4. The second-order valence-electron chi connectivity index (χ2n) is 29.5. The third kappa shape index (κ3) is 13.3. The van der Waals surface area contributed by atoms with Gasteiger partial charge in [0.15, 0.2) is 0 Å². The Morgan fingerprint density at radius 1 is 0.279 bits per heavy atom. The van der Waals surface area contributed by atoms with Gasteiger partial charge < -0.3 is 17.7 Å². The van der Waals surface area contributed by atoms with Gasteiger partial charge in [-0.05, 0) is 146 Å². The Kier molecular flexibility index (Phi) is 19.1. The zero-order chi connectivity index (χ0) is 76.1. The lowest BCUT2D eigenvalue weighted by Crippen LogP contribution is -2.50. The van der Waals surface area contributed by atoms with Gasteiger partial charge in [-0.2, -0.15) is 0 Å². The minimum Gasteiger partial charge on any atom is -0.465 e. The average Bonchev–Trinajstić information content (AvgIpc) is 1.66. The smallest absolute Gasteiger partial charge is 0.447 e. The van der Waals surface area contributed by atoms with E-state index in [1.165, 1.54) is 105 Å². The fourth-order valence-electron chi connectivity index (χ4n) is 16.6. The van der Waals surface area contributed by atoms with Crippen molar-refractivity contribution in [3.05, 3.63) is 338 Å². The Bertz CT molecular complexity index is 6320. The van der Waals surface area contributed by atoms with Gasteiger partial charge in [-0.3, -0.25) is 19.2 Å². The van der Waals surface area contributed by atoms with Crippen molar-refractivity contribution in [3.63, 3.8) is 0 Å². The van der Waals surface area contributed by atoms with Crippen LogP contribution in [0.25, 0.3) is 113 Å². The maximum atomic E-state index is 6.23. The molecule has 20 rings (SSSR count). The van der Waals surface area contributed by atoms with Crippen molar-refractivity contribution >= 4 is 141 Å². The number of anilines is 4. The van der Waals surface area contributed by atoms with Crippen LogP contribution >= 0.6 is 0 Å². The molecule has 0 atom stereocenters. The number of nitrogens with zero attached hydrogens (tertiary/aromatic N) is 8. The molecular formula is C95H86B4N8O4+4. The highest BCUT2D eigenvalue weighted by Crippen LogP contribution is 2.35. The molecule has 0 saturated heterocycles. The summed E-state index contributed by atoms with van der Waals surface area (Å²) >= 11 is 0. The quantitative estimate of drug-likeness (QED) is 0.110. The second-order valence-corrected chi connectivity index (χ2v) is 29.5. The van der Waals surface area contributed by atoms with Crippen LogP contribution in [0.1, 0.15) is 39.3 Å². The third-order valence-electron chi connectivity index (χ3n) is 22.4. The molecule has 12 nitrogen and oxygen atoms in total. The zero-order valence-electron chi connectivity index (χ0n) is 64.6. The standard InChI is InChI=1S/3C24H22BN2O.C23H20BN2O/c1-17-16-26(3)23(15-20(17)18-9-5-4-6-10-18)27-14-13-22-24(25(27)2)19-11-7-8-12-21(19)28-22;1-17-16-26(3)23(15-21(17)18-9-5-4-6-10-18)27-14-13-20-19-11-7-8-12-22(19)28-24(20)25(27)2;1-17-15-23(26(3)16-21(17)18-9-5-4-6-10-18)27-14-13-20-19-11-7-8-12-22(19)28-24(20)25(27)2;1-24-23-19-10-6-7-11-20(19)27-21(23)13-15-26(24)22-16-18(12-14-25(22)2)17-8-4-3-5-9-17/h3*4-16H,1-3H3;3-16H,1-2H3/q4*+1. The highest BCUT2D eigenvalue weighted by Gasteiger charge is 2.42. The molecule has 0 spiro atoms. The molecule has 8 aromatic carbocycles. The van der Waals surface area contributed by atoms with E-state index in [4.69, 9.17) is 17.7 Å². The second kappa shape index (κ2) is 29.8. The van der Waals surface area contributed by atoms with Crippen LogP contribution in [0.5, 0.6) is 0 Å². The Morgan fingerprint density at radius 2 is 0.613 bits per heavy atom. The predicted molar refractivity (Wildman–Crippen MR) is 462 cm³/mol. The number of aryl methyl sites for hydroxylation is 7. The van der Waals surface area contributed by atoms with E-state index in [9.17, 15) is 0 Å². The van der Waals surface area contributed by atoms with Crippen molar-refractivity contribution in [3.8, 4) is 44.5 Å². The predicted octanol–water partition coefficient (Wildman–Crippen LogP) is 17.9. The SMILES string of the molecule is CB1c2c(oc3ccccc23)C=CN1c1cc(-c2ccccc2)c(C)c[n+]1C.CB1c2c(oc3ccccc23)C=CN1c1cc(-c2ccccc2)cc[n+]1C.CB1c2oc3ccccc3c2C=CN1c1cc(-c2ccccc2)c(C)c[n+]1C.CB1c2oc3ccccc3c2C=CN1c1cc(C)c(-c2ccccc2)c[n+]1C. The molecule has 0 amide bonds. The van der Waals surface area contributed by atoms with Gasteiger partial charge >= 0.3 is 27.4 Å². The molecule has 8 aromatic heterocycles. The number of fused-ring (bicyclic) bond motifs is 12. The van der Waals surface area contributed by atoms with E-state index in [1.807, 2.05) is 54.6 Å². The summed E-state index contributed by atoms with van der Waals surface area (Å²) in [6, 6.07) is 86.5. The van der Waals surface area contributed by atoms with Crippen LogP contribution in [-0.4, -0.2) is 27.4 Å². The first-order chi connectivity index (χ1) is 54.1. The number of hydrogen-bond donors (Lipinski definition) is 0. The third-order valence-corrected chi connectivity index (χ3v) is 22.4. The van der Waals surface area contributed by atoms with Gasteiger partial charge in [0.2, 0.25) is 0 Å². The number of furan rings is 4. The highest BCUT2D eigenvalue weighted by molar-refractivity contribution is 6.80. The normalized spacial score (nSPS) is 13.3. The van der Waals surface area contributed by atoms with Crippen LogP contribution in [0.3, 0.4) is 0 Å². The number of rotatable bonds is 8. The first-order valence-corrected chi connectivity index (χ1v) is 38.3. The van der Waals surface area contributed by atoms with Gasteiger partial charge in [0.05, 0.1) is 77.8 Å². The van der Waals surface area contributed by atoms with E-state index in [1.54, 1.807) is 0 Å². The highest BCUT2D eigenvalue weighted by atomic mass is 16.3. The lowest BCUT2D eigenvalue weighted by Gasteiger charge is -2.23. The molecule has 16 heteroatoms. The molecule has 111 heavy (non-hydrogen) atoms. The van der Waals surface area contributed by atoms with E-state index < -0.39 is 0 Å². The Balaban J connectivity index is 0.000000108. The summed E-state index contributed by atoms with van der Waals surface area (Å²) in [7, 11) is 8.41. The number of hydrogen-bond acceptors (Lipinski definition) is 8. The number of benzene rings is 8. The van der Waals surface area contributed by atoms with Crippen LogP contribution in [0.2, 0.25) is 27.3 Å². The van der Waals surface area contributed by atoms with E-state index >= 15 is 0 Å². The fraction of sp³-hybridized carbons (Fsp3) is 0.116. The maximum absolute atomic E-state index is 6.23. The minimum atomic E-state index is 0.116. The van der Waals surface area contributed by atoms with Crippen LogP contribution < -0.4 is 59.8 Å². The van der Waals surface area contributed by atoms with Gasteiger partial charge in [-0.15, -0.1) is 0 Å². The molecule has 0 fully saturated rings. The molecule has 0 N–H and O–H groups in total. The van der Waals surface area contributed by atoms with E-state index in [-0.39, 0.29) is 27.4 Å². The first kappa shape index (κ1) is 70.9. The van der Waals surface area contributed by atoms with Gasteiger partial charge in [-0.25, -0.2) is 18.3 Å². The summed E-state index contributed by atoms with van der Waals surface area (Å²) in [6.45, 7) is 16.0. The average molecular weight is 1450 g/mol. The van der Waals surface area contributed by atoms with Crippen LogP contribution in [-0.2, 0) is 28.2 Å². The summed E-state index contributed by atoms with van der Waals surface area (Å²) in [5.41, 5.74) is 24.4. The number of aromatic nitrogens is 4. The van der Waals surface area contributed by atoms with Gasteiger partial charge in [0.25, 0.3) is 23.3 Å². The van der Waals surface area contributed by atoms with E-state index in [2.05, 4.69) is 382 Å². The summed E-state index contributed by atoms with van der Waals surface area (Å²) < 4.78 is 33.3. The summed E-state index contributed by atoms with van der Waals surface area (Å²) in [5.74, 6) is 6.51. The monoisotopic (exact) mass is 1450 g/mol. The zero-order valence-corrected chi connectivity index (χ0v) is 64.6. The van der Waals surface area contributed by atoms with Crippen molar-refractivity contribution in [2.45, 2.75) is 48.1 Å². The summed E-state index contributed by atoms with van der Waals surface area (Å²) in [4.78, 5) is 9.22. The van der Waals surface area contributed by atoms with Crippen molar-refractivity contribution in [1.82, 2.24) is 0 Å². The molecule has 4 aliphatic rings.